The molecule has 1 aliphatic heterocycles. The maximum absolute atomic E-state index is 14.8. The minimum absolute atomic E-state index is 0.103. The van der Waals surface area contributed by atoms with Crippen LogP contribution in [0.25, 0.3) is 0 Å². The van der Waals surface area contributed by atoms with Crippen LogP contribution in [0.4, 0.5) is 15.0 Å². The molecule has 1 aromatic rings. The van der Waals surface area contributed by atoms with E-state index < -0.39 is 72.1 Å². The molecule has 0 spiro atoms. The van der Waals surface area contributed by atoms with E-state index >= 15 is 0 Å². The van der Waals surface area contributed by atoms with Gasteiger partial charge < -0.3 is 40.7 Å². The van der Waals surface area contributed by atoms with Gasteiger partial charge in [0.05, 0.1) is 12.8 Å². The van der Waals surface area contributed by atoms with Crippen molar-refractivity contribution in [1.82, 2.24) is 20.2 Å². The van der Waals surface area contributed by atoms with E-state index in [2.05, 4.69) is 20.9 Å². The van der Waals surface area contributed by atoms with Crippen molar-refractivity contribution in [2.75, 3.05) is 18.5 Å². The summed E-state index contributed by atoms with van der Waals surface area (Å²) in [5.41, 5.74) is -1.96. The fourth-order valence-electron chi connectivity index (χ4n) is 3.49. The third kappa shape index (κ3) is 8.73. The molecule has 2 heterocycles. The van der Waals surface area contributed by atoms with Crippen molar-refractivity contribution in [1.29, 1.82) is 0 Å². The summed E-state index contributed by atoms with van der Waals surface area (Å²) < 4.78 is 25.8. The second kappa shape index (κ2) is 12.9. The van der Waals surface area contributed by atoms with Crippen molar-refractivity contribution in [3.05, 3.63) is 22.5 Å². The summed E-state index contributed by atoms with van der Waals surface area (Å²) in [5.74, 6) is -2.98. The first-order chi connectivity index (χ1) is 17.2. The highest BCUT2D eigenvalue weighted by Crippen LogP contribution is 2.28. The number of carbonyl (C=O) groups excluding carboxylic acids is 3. The zero-order chi connectivity index (χ0) is 27.9. The van der Waals surface area contributed by atoms with Crippen LogP contribution in [0.5, 0.6) is 0 Å². The first-order valence-corrected chi connectivity index (χ1v) is 11.7. The second-order valence-corrected chi connectivity index (χ2v) is 9.52. The van der Waals surface area contributed by atoms with Gasteiger partial charge in [0, 0.05) is 13.5 Å². The molecule has 1 fully saturated rings. The van der Waals surface area contributed by atoms with Gasteiger partial charge >= 0.3 is 11.8 Å². The van der Waals surface area contributed by atoms with Crippen LogP contribution in [0, 0.1) is 5.82 Å². The fraction of sp³-hybridized carbons (Fsp3) is 0.682. The van der Waals surface area contributed by atoms with Crippen LogP contribution in [0.2, 0.25) is 0 Å². The first-order valence-electron chi connectivity index (χ1n) is 11.7. The SMILES string of the molecule is CC(=O)NCCCC[C@H](NC(=O)OC(C)(C)C)C(=O)Nc1nc(=O)n([C@@H]2O[C@H](CO)C(O)C2O)cc1F. The van der Waals surface area contributed by atoms with Crippen molar-refractivity contribution in [2.45, 2.75) is 83.1 Å². The summed E-state index contributed by atoms with van der Waals surface area (Å²) >= 11 is 0. The molecule has 1 saturated heterocycles. The molecule has 14 nitrogen and oxygen atoms in total. The van der Waals surface area contributed by atoms with Crippen molar-refractivity contribution < 1.29 is 43.6 Å². The number of alkyl carbamates (subject to hydrolysis) is 1. The standard InChI is InChI=1S/C22H34FN5O9/c1-11(30)24-8-6-5-7-13(25-21(35)37-22(2,3)4)18(33)26-17-12(23)9-28(20(34)27-17)19-16(32)15(31)14(10-29)36-19/h9,13-16,19,29,31-32H,5-8,10H2,1-4H3,(H,24,30)(H,25,35)(H,26,27,33,34)/t13-,14+,15?,16?,19+/m0/s1. The van der Waals surface area contributed by atoms with Crippen LogP contribution in [0.15, 0.2) is 11.0 Å². The minimum atomic E-state index is -1.64. The molecular weight excluding hydrogens is 497 g/mol. The number of hydrogen-bond acceptors (Lipinski definition) is 10. The summed E-state index contributed by atoms with van der Waals surface area (Å²) in [6.07, 6.45) is -5.13. The molecule has 0 radical (unpaired) electrons. The average molecular weight is 532 g/mol. The Morgan fingerprint density at radius 3 is 2.49 bits per heavy atom. The van der Waals surface area contributed by atoms with Crippen molar-refractivity contribution >= 4 is 23.7 Å². The van der Waals surface area contributed by atoms with Crippen LogP contribution >= 0.6 is 0 Å². The van der Waals surface area contributed by atoms with Gasteiger partial charge in [-0.1, -0.05) is 0 Å². The highest BCUT2D eigenvalue weighted by atomic mass is 19.1. The van der Waals surface area contributed by atoms with Crippen molar-refractivity contribution in [2.24, 2.45) is 0 Å². The lowest BCUT2D eigenvalue weighted by Crippen LogP contribution is -2.46. The zero-order valence-electron chi connectivity index (χ0n) is 21.1. The largest absolute Gasteiger partial charge is 0.444 e. The number of nitrogens with one attached hydrogen (secondary N) is 3. The van der Waals surface area contributed by atoms with Gasteiger partial charge in [-0.05, 0) is 40.0 Å². The van der Waals surface area contributed by atoms with Gasteiger partial charge in [0.15, 0.2) is 17.9 Å². The molecule has 208 valence electrons. The third-order valence-electron chi connectivity index (χ3n) is 5.24. The van der Waals surface area contributed by atoms with Gasteiger partial charge in [-0.15, -0.1) is 0 Å². The van der Waals surface area contributed by atoms with Gasteiger partial charge in [0.2, 0.25) is 11.8 Å². The summed E-state index contributed by atoms with van der Waals surface area (Å²) in [7, 11) is 0. The molecule has 0 aromatic carbocycles. The number of unbranched alkanes of at least 4 members (excludes halogenated alkanes) is 1. The number of carbonyl (C=O) groups is 3. The van der Waals surface area contributed by atoms with E-state index in [4.69, 9.17) is 9.47 Å². The van der Waals surface area contributed by atoms with E-state index in [0.717, 1.165) is 0 Å². The minimum Gasteiger partial charge on any atom is -0.444 e. The summed E-state index contributed by atoms with van der Waals surface area (Å²) in [6, 6.07) is -1.18. The molecular formula is C22H34FN5O9. The Bertz CT molecular complexity index is 1030. The molecule has 1 aromatic heterocycles. The van der Waals surface area contributed by atoms with Crippen LogP contribution < -0.4 is 21.6 Å². The normalized spacial score (nSPS) is 22.3. The maximum Gasteiger partial charge on any atom is 0.408 e. The molecule has 37 heavy (non-hydrogen) atoms. The fourth-order valence-corrected chi connectivity index (χ4v) is 3.49. The summed E-state index contributed by atoms with van der Waals surface area (Å²) in [5, 5.41) is 36.3. The number of aliphatic hydroxyl groups is 3. The number of amides is 3. The van der Waals surface area contributed by atoms with Gasteiger partial charge in [-0.25, -0.2) is 14.0 Å². The van der Waals surface area contributed by atoms with E-state index in [1.54, 1.807) is 20.8 Å². The Kier molecular flexibility index (Phi) is 10.5. The van der Waals surface area contributed by atoms with Gasteiger partial charge in [0.25, 0.3) is 0 Å². The predicted octanol–water partition coefficient (Wildman–Crippen LogP) is -0.868. The lowest BCUT2D eigenvalue weighted by atomic mass is 10.1. The van der Waals surface area contributed by atoms with E-state index in [1.165, 1.54) is 6.92 Å². The average Bonchev–Trinajstić information content (AvgIpc) is 3.07. The van der Waals surface area contributed by atoms with Gasteiger partial charge in [0.1, 0.15) is 30.0 Å². The number of hydrogen-bond donors (Lipinski definition) is 6. The van der Waals surface area contributed by atoms with Crippen LogP contribution in [-0.4, -0.2) is 85.9 Å². The van der Waals surface area contributed by atoms with Crippen LogP contribution in [0.1, 0.15) is 53.2 Å². The molecule has 0 aliphatic carbocycles. The molecule has 0 bridgehead atoms. The number of anilines is 1. The number of aromatic nitrogens is 2. The smallest absolute Gasteiger partial charge is 0.408 e. The number of halogens is 1. The van der Waals surface area contributed by atoms with Crippen molar-refractivity contribution in [3.8, 4) is 0 Å². The molecule has 2 unspecified atom stereocenters. The Hall–Kier alpha value is -3.14. The summed E-state index contributed by atoms with van der Waals surface area (Å²) in [6.45, 7) is 5.97. The number of nitrogens with zero attached hydrogens (tertiary/aromatic N) is 2. The molecule has 5 atom stereocenters. The first kappa shape index (κ1) is 30.1. The van der Waals surface area contributed by atoms with Crippen LogP contribution in [0.3, 0.4) is 0 Å². The Morgan fingerprint density at radius 2 is 1.92 bits per heavy atom. The lowest BCUT2D eigenvalue weighted by Gasteiger charge is -2.23. The highest BCUT2D eigenvalue weighted by Gasteiger charge is 2.44. The van der Waals surface area contributed by atoms with E-state index in [1.807, 2.05) is 0 Å². The van der Waals surface area contributed by atoms with Crippen LogP contribution in [-0.2, 0) is 19.1 Å². The van der Waals surface area contributed by atoms with E-state index in [-0.39, 0.29) is 12.3 Å². The molecule has 1 aliphatic rings. The molecule has 2 rings (SSSR count). The van der Waals surface area contributed by atoms with Gasteiger partial charge in [-0.2, -0.15) is 4.98 Å². The monoisotopic (exact) mass is 531 g/mol. The molecule has 3 amide bonds. The maximum atomic E-state index is 14.8. The topological polar surface area (TPSA) is 201 Å². The van der Waals surface area contributed by atoms with E-state index in [9.17, 15) is 38.9 Å². The number of rotatable bonds is 10. The van der Waals surface area contributed by atoms with E-state index in [0.29, 0.717) is 30.2 Å². The lowest BCUT2D eigenvalue weighted by molar-refractivity contribution is -0.119. The Labute approximate surface area is 212 Å². The Morgan fingerprint density at radius 1 is 1.24 bits per heavy atom. The molecule has 6 N–H and O–H groups in total. The summed E-state index contributed by atoms with van der Waals surface area (Å²) in [4.78, 5) is 52.1. The Balaban J connectivity index is 2.16. The van der Waals surface area contributed by atoms with Crippen molar-refractivity contribution in [3.63, 3.8) is 0 Å². The quantitative estimate of drug-likeness (QED) is 0.206. The molecule has 15 heteroatoms. The second-order valence-electron chi connectivity index (χ2n) is 9.52. The highest BCUT2D eigenvalue weighted by molar-refractivity contribution is 5.95. The zero-order valence-corrected chi connectivity index (χ0v) is 21.1. The number of ether oxygens (including phenoxy) is 2. The predicted molar refractivity (Wildman–Crippen MR) is 126 cm³/mol. The number of aliphatic hydroxyl groups excluding tert-OH is 3. The third-order valence-corrected chi connectivity index (χ3v) is 5.24. The molecule has 0 saturated carbocycles. The van der Waals surface area contributed by atoms with Gasteiger partial charge in [-0.3, -0.25) is 14.2 Å².